The smallest absolute Gasteiger partial charge is 0.307 e. The van der Waals surface area contributed by atoms with Crippen molar-refractivity contribution in [2.24, 2.45) is 10.1 Å². The number of aliphatic carboxylic acids is 1. The quantitative estimate of drug-likeness (QED) is 0.445. The van der Waals surface area contributed by atoms with Gasteiger partial charge in [-0.1, -0.05) is 48.5 Å². The Balaban J connectivity index is 1.42. The molecule has 0 radical (unpaired) electrons. The van der Waals surface area contributed by atoms with Crippen LogP contribution in [0.3, 0.4) is 0 Å². The zero-order chi connectivity index (χ0) is 24.3. The van der Waals surface area contributed by atoms with Crippen molar-refractivity contribution in [1.29, 1.82) is 0 Å². The lowest BCUT2D eigenvalue weighted by Crippen LogP contribution is -2.11. The van der Waals surface area contributed by atoms with Gasteiger partial charge in [0, 0.05) is 5.69 Å². The third-order valence-corrected chi connectivity index (χ3v) is 6.73. The Morgan fingerprint density at radius 3 is 2.12 bits per heavy atom. The molecule has 0 unspecified atom stereocenters. The lowest BCUT2D eigenvalue weighted by Gasteiger charge is -2.06. The largest absolute Gasteiger partial charge is 0.481 e. The fourth-order valence-electron chi connectivity index (χ4n) is 3.23. The summed E-state index contributed by atoms with van der Waals surface area (Å²) in [6.07, 6.45) is 1.69. The van der Waals surface area contributed by atoms with Crippen LogP contribution < -0.4 is 10.5 Å². The minimum absolute atomic E-state index is 0.0509. The van der Waals surface area contributed by atoms with Crippen LogP contribution in [-0.4, -0.2) is 30.6 Å². The molecule has 1 amide bonds. The van der Waals surface area contributed by atoms with Crippen LogP contribution >= 0.6 is 11.8 Å². The molecule has 3 aromatic rings. The number of carbonyl (C=O) groups excluding carboxylic acids is 1. The summed E-state index contributed by atoms with van der Waals surface area (Å²) in [6, 6.07) is 20.6. The van der Waals surface area contributed by atoms with Crippen molar-refractivity contribution >= 4 is 50.6 Å². The number of anilines is 1. The van der Waals surface area contributed by atoms with E-state index in [9.17, 15) is 18.0 Å². The first-order valence-electron chi connectivity index (χ1n) is 10.0. The standard InChI is InChI=1S/C24H19N3O5S2/c25-34(31,32)20-11-7-18(8-12-20)17-5-1-15(2-6-17)13-21-23(30)27-24(33-21)26-19-9-3-16(4-10-19)14-22(28)29/h1-13H,14H2,(H,28,29)(H2,25,31,32)(H,26,27,30). The number of hydrogen-bond acceptors (Lipinski definition) is 6. The van der Waals surface area contributed by atoms with Crippen molar-refractivity contribution in [3.8, 4) is 11.1 Å². The molecule has 0 fully saturated rings. The average molecular weight is 494 g/mol. The van der Waals surface area contributed by atoms with E-state index in [0.717, 1.165) is 16.7 Å². The highest BCUT2D eigenvalue weighted by molar-refractivity contribution is 8.18. The Hall–Kier alpha value is -3.73. The van der Waals surface area contributed by atoms with E-state index in [1.807, 2.05) is 24.3 Å². The van der Waals surface area contributed by atoms with Gasteiger partial charge in [-0.3, -0.25) is 9.59 Å². The maximum atomic E-state index is 12.3. The lowest BCUT2D eigenvalue weighted by atomic mass is 10.0. The topological polar surface area (TPSA) is 139 Å². The molecule has 172 valence electrons. The van der Waals surface area contributed by atoms with Gasteiger partial charge in [0.25, 0.3) is 5.91 Å². The van der Waals surface area contributed by atoms with Crippen LogP contribution in [0.1, 0.15) is 11.1 Å². The molecule has 10 heteroatoms. The summed E-state index contributed by atoms with van der Waals surface area (Å²) >= 11 is 1.22. The number of sulfonamides is 1. The number of thioether (sulfide) groups is 1. The van der Waals surface area contributed by atoms with Gasteiger partial charge in [0.2, 0.25) is 10.0 Å². The number of amides is 1. The predicted octanol–water partition coefficient (Wildman–Crippen LogP) is 3.71. The number of nitrogens with two attached hydrogens (primary N) is 1. The van der Waals surface area contributed by atoms with E-state index in [4.69, 9.17) is 10.2 Å². The SMILES string of the molecule is NS(=O)(=O)c1ccc(-c2ccc(C=C3SC(Nc4ccc(CC(=O)O)cc4)=NC3=O)cc2)cc1. The summed E-state index contributed by atoms with van der Waals surface area (Å²) in [5.41, 5.74) is 3.92. The van der Waals surface area contributed by atoms with E-state index < -0.39 is 16.0 Å². The molecule has 34 heavy (non-hydrogen) atoms. The Kier molecular flexibility index (Phi) is 6.64. The molecule has 0 aromatic heterocycles. The van der Waals surface area contributed by atoms with Gasteiger partial charge in [-0.05, 0) is 64.4 Å². The Morgan fingerprint density at radius 2 is 1.56 bits per heavy atom. The van der Waals surface area contributed by atoms with E-state index in [0.29, 0.717) is 21.3 Å². The van der Waals surface area contributed by atoms with Crippen LogP contribution in [0.5, 0.6) is 0 Å². The van der Waals surface area contributed by atoms with Gasteiger partial charge in [0.05, 0.1) is 16.2 Å². The fourth-order valence-corrected chi connectivity index (χ4v) is 4.58. The highest BCUT2D eigenvalue weighted by Crippen LogP contribution is 2.30. The third-order valence-electron chi connectivity index (χ3n) is 4.91. The van der Waals surface area contributed by atoms with Crippen LogP contribution in [0, 0.1) is 0 Å². The number of aliphatic imine (C=N–C) groups is 1. The molecule has 1 aliphatic rings. The average Bonchev–Trinajstić information content (AvgIpc) is 3.13. The van der Waals surface area contributed by atoms with Crippen molar-refractivity contribution < 1.29 is 23.1 Å². The lowest BCUT2D eigenvalue weighted by molar-refractivity contribution is -0.136. The van der Waals surface area contributed by atoms with Crippen molar-refractivity contribution in [1.82, 2.24) is 0 Å². The van der Waals surface area contributed by atoms with Crippen LogP contribution in [0.4, 0.5) is 5.69 Å². The maximum Gasteiger partial charge on any atom is 0.307 e. The molecule has 0 saturated carbocycles. The number of nitrogens with zero attached hydrogens (tertiary/aromatic N) is 1. The minimum atomic E-state index is -3.74. The second kappa shape index (κ2) is 9.64. The van der Waals surface area contributed by atoms with Crippen molar-refractivity contribution in [3.63, 3.8) is 0 Å². The van der Waals surface area contributed by atoms with E-state index in [1.165, 1.54) is 23.9 Å². The first kappa shape index (κ1) is 23.4. The second-order valence-electron chi connectivity index (χ2n) is 7.42. The molecule has 1 aliphatic heterocycles. The van der Waals surface area contributed by atoms with E-state index in [2.05, 4.69) is 10.3 Å². The molecule has 4 N–H and O–H groups in total. The zero-order valence-corrected chi connectivity index (χ0v) is 19.3. The van der Waals surface area contributed by atoms with Gasteiger partial charge in [-0.15, -0.1) is 0 Å². The van der Waals surface area contributed by atoms with Crippen molar-refractivity contribution in [2.75, 3.05) is 5.32 Å². The minimum Gasteiger partial charge on any atom is -0.481 e. The van der Waals surface area contributed by atoms with Gasteiger partial charge >= 0.3 is 5.97 Å². The Bertz CT molecular complexity index is 1410. The number of carboxylic acid groups (broad SMARTS) is 1. The zero-order valence-electron chi connectivity index (χ0n) is 17.6. The first-order chi connectivity index (χ1) is 16.2. The van der Waals surface area contributed by atoms with E-state index in [1.54, 1.807) is 42.5 Å². The molecular formula is C24H19N3O5S2. The number of benzene rings is 3. The van der Waals surface area contributed by atoms with E-state index >= 15 is 0 Å². The van der Waals surface area contributed by atoms with Crippen LogP contribution in [0.2, 0.25) is 0 Å². The van der Waals surface area contributed by atoms with Crippen molar-refractivity contribution in [2.45, 2.75) is 11.3 Å². The third kappa shape index (κ3) is 5.79. The van der Waals surface area contributed by atoms with Gasteiger partial charge in [-0.25, -0.2) is 13.6 Å². The molecule has 4 rings (SSSR count). The number of carbonyl (C=O) groups is 2. The highest BCUT2D eigenvalue weighted by Gasteiger charge is 2.22. The van der Waals surface area contributed by atoms with Gasteiger partial charge in [0.15, 0.2) is 5.17 Å². The number of primary sulfonamides is 1. The monoisotopic (exact) mass is 493 g/mol. The molecule has 1 heterocycles. The summed E-state index contributed by atoms with van der Waals surface area (Å²) in [4.78, 5) is 27.7. The highest BCUT2D eigenvalue weighted by atomic mass is 32.2. The molecule has 0 spiro atoms. The number of amidine groups is 1. The Morgan fingerprint density at radius 1 is 0.971 bits per heavy atom. The molecule has 3 aromatic carbocycles. The molecule has 0 saturated heterocycles. The second-order valence-corrected chi connectivity index (χ2v) is 10.0. The normalized spacial score (nSPS) is 14.8. The van der Waals surface area contributed by atoms with Crippen LogP contribution in [0.15, 0.2) is 87.6 Å². The summed E-state index contributed by atoms with van der Waals surface area (Å²) in [7, 11) is -3.74. The van der Waals surface area contributed by atoms with Gasteiger partial charge in [0.1, 0.15) is 0 Å². The van der Waals surface area contributed by atoms with Crippen LogP contribution in [-0.2, 0) is 26.0 Å². The molecule has 0 atom stereocenters. The molecular weight excluding hydrogens is 474 g/mol. The predicted molar refractivity (Wildman–Crippen MR) is 133 cm³/mol. The summed E-state index contributed by atoms with van der Waals surface area (Å²) < 4.78 is 22.8. The number of carboxylic acids is 1. The van der Waals surface area contributed by atoms with Gasteiger partial charge < -0.3 is 10.4 Å². The molecule has 0 aliphatic carbocycles. The summed E-state index contributed by atoms with van der Waals surface area (Å²) in [5, 5.41) is 17.5. The van der Waals surface area contributed by atoms with Gasteiger partial charge in [-0.2, -0.15) is 4.99 Å². The van der Waals surface area contributed by atoms with E-state index in [-0.39, 0.29) is 17.2 Å². The molecule has 8 nitrogen and oxygen atoms in total. The summed E-state index contributed by atoms with van der Waals surface area (Å²) in [5.74, 6) is -1.25. The number of hydrogen-bond donors (Lipinski definition) is 3. The fraction of sp³-hybridized carbons (Fsp3) is 0.0417. The first-order valence-corrected chi connectivity index (χ1v) is 12.4. The maximum absolute atomic E-state index is 12.3. The number of nitrogens with one attached hydrogen (secondary N) is 1. The summed E-state index contributed by atoms with van der Waals surface area (Å²) in [6.45, 7) is 0. The van der Waals surface area contributed by atoms with Crippen molar-refractivity contribution in [3.05, 3.63) is 88.8 Å². The molecule has 0 bridgehead atoms. The Labute approximate surface area is 200 Å². The number of rotatable bonds is 6. The van der Waals surface area contributed by atoms with Crippen LogP contribution in [0.25, 0.3) is 17.2 Å².